The Hall–Kier alpha value is -1.69. The number of piperazine rings is 1. The van der Waals surface area contributed by atoms with Crippen LogP contribution in [0, 0.1) is 5.92 Å². The molecule has 1 saturated heterocycles. The van der Waals surface area contributed by atoms with Crippen molar-refractivity contribution in [3.63, 3.8) is 0 Å². The van der Waals surface area contributed by atoms with Crippen LogP contribution in [0.15, 0.2) is 12.1 Å². The van der Waals surface area contributed by atoms with Gasteiger partial charge in [0.25, 0.3) is 5.91 Å². The fourth-order valence-electron chi connectivity index (χ4n) is 2.28. The Morgan fingerprint density at radius 3 is 2.48 bits per heavy atom. The van der Waals surface area contributed by atoms with Crippen molar-refractivity contribution in [2.45, 2.75) is 20.8 Å². The molecule has 1 amide bonds. The quantitative estimate of drug-likeness (QED) is 0.886. The summed E-state index contributed by atoms with van der Waals surface area (Å²) in [7, 11) is 0. The number of hydrogen-bond donors (Lipinski definition) is 1. The van der Waals surface area contributed by atoms with Crippen molar-refractivity contribution >= 4 is 11.7 Å². The van der Waals surface area contributed by atoms with Crippen molar-refractivity contribution in [1.82, 2.24) is 20.0 Å². The fourth-order valence-corrected chi connectivity index (χ4v) is 2.28. The van der Waals surface area contributed by atoms with Crippen LogP contribution >= 0.6 is 0 Å². The van der Waals surface area contributed by atoms with Crippen LogP contribution in [-0.2, 0) is 0 Å². The Bertz CT molecular complexity index is 452. The summed E-state index contributed by atoms with van der Waals surface area (Å²) in [6.45, 7) is 11.7. The molecule has 2 rings (SSSR count). The molecule has 1 aliphatic rings. The maximum absolute atomic E-state index is 12.4. The van der Waals surface area contributed by atoms with Crippen LogP contribution < -0.4 is 5.32 Å². The van der Waals surface area contributed by atoms with E-state index in [4.69, 9.17) is 0 Å². The molecule has 2 heterocycles. The average molecular weight is 291 g/mol. The normalized spacial score (nSPS) is 16.3. The maximum atomic E-state index is 12.4. The number of likely N-dealkylation sites (N-methyl/N-ethyl adjacent to an activating group) is 1. The van der Waals surface area contributed by atoms with Gasteiger partial charge in [0.15, 0.2) is 5.69 Å². The predicted molar refractivity (Wildman–Crippen MR) is 83.4 cm³/mol. The second kappa shape index (κ2) is 7.36. The van der Waals surface area contributed by atoms with E-state index in [0.29, 0.717) is 11.6 Å². The highest BCUT2D eigenvalue weighted by Crippen LogP contribution is 2.08. The van der Waals surface area contributed by atoms with Crippen LogP contribution in [0.3, 0.4) is 0 Å². The summed E-state index contributed by atoms with van der Waals surface area (Å²) in [4.78, 5) is 16.6. The Morgan fingerprint density at radius 2 is 1.95 bits per heavy atom. The summed E-state index contributed by atoms with van der Waals surface area (Å²) in [5.74, 6) is 1.24. The van der Waals surface area contributed by atoms with Gasteiger partial charge in [-0.3, -0.25) is 4.79 Å². The highest BCUT2D eigenvalue weighted by molar-refractivity contribution is 5.92. The SMILES string of the molecule is CCN1CCN(C(=O)c2ccc(NCC(C)C)nn2)CC1. The van der Waals surface area contributed by atoms with Crippen molar-refractivity contribution < 1.29 is 4.79 Å². The molecule has 21 heavy (non-hydrogen) atoms. The third-order valence-corrected chi connectivity index (χ3v) is 3.68. The van der Waals surface area contributed by atoms with E-state index in [1.807, 2.05) is 11.0 Å². The minimum Gasteiger partial charge on any atom is -0.368 e. The third-order valence-electron chi connectivity index (χ3n) is 3.68. The Labute approximate surface area is 126 Å². The van der Waals surface area contributed by atoms with Crippen molar-refractivity contribution in [2.75, 3.05) is 44.6 Å². The van der Waals surface area contributed by atoms with Crippen molar-refractivity contribution in [2.24, 2.45) is 5.92 Å². The van der Waals surface area contributed by atoms with E-state index in [1.165, 1.54) is 0 Å². The number of rotatable bonds is 5. The van der Waals surface area contributed by atoms with E-state index < -0.39 is 0 Å². The van der Waals surface area contributed by atoms with Gasteiger partial charge in [-0.25, -0.2) is 0 Å². The molecule has 0 bridgehead atoms. The summed E-state index contributed by atoms with van der Waals surface area (Å²) in [5.41, 5.74) is 0.426. The summed E-state index contributed by atoms with van der Waals surface area (Å²) in [5, 5.41) is 11.3. The minimum atomic E-state index is -0.0198. The van der Waals surface area contributed by atoms with Gasteiger partial charge in [-0.2, -0.15) is 0 Å². The first-order valence-electron chi connectivity index (χ1n) is 7.69. The predicted octanol–water partition coefficient (Wildman–Crippen LogP) is 1.32. The Kier molecular flexibility index (Phi) is 5.50. The van der Waals surface area contributed by atoms with E-state index >= 15 is 0 Å². The van der Waals surface area contributed by atoms with E-state index in [-0.39, 0.29) is 5.91 Å². The summed E-state index contributed by atoms with van der Waals surface area (Å²) >= 11 is 0. The van der Waals surface area contributed by atoms with Crippen LogP contribution in [0.4, 0.5) is 5.82 Å². The molecule has 0 atom stereocenters. The van der Waals surface area contributed by atoms with Crippen molar-refractivity contribution in [3.05, 3.63) is 17.8 Å². The number of nitrogens with zero attached hydrogens (tertiary/aromatic N) is 4. The lowest BCUT2D eigenvalue weighted by molar-refractivity contribution is 0.0636. The zero-order valence-corrected chi connectivity index (χ0v) is 13.2. The number of carbonyl (C=O) groups excluding carboxylic acids is 1. The molecule has 6 heteroatoms. The topological polar surface area (TPSA) is 61.4 Å². The van der Waals surface area contributed by atoms with Crippen LogP contribution in [0.5, 0.6) is 0 Å². The molecule has 0 aliphatic carbocycles. The molecule has 0 aromatic carbocycles. The van der Waals surface area contributed by atoms with Gasteiger partial charge >= 0.3 is 0 Å². The third kappa shape index (κ3) is 4.39. The molecule has 0 spiro atoms. The lowest BCUT2D eigenvalue weighted by Crippen LogP contribution is -2.48. The monoisotopic (exact) mass is 291 g/mol. The molecule has 0 radical (unpaired) electrons. The van der Waals surface area contributed by atoms with E-state index in [2.05, 4.69) is 41.2 Å². The molecular weight excluding hydrogens is 266 g/mol. The highest BCUT2D eigenvalue weighted by atomic mass is 16.2. The average Bonchev–Trinajstić information content (AvgIpc) is 2.53. The number of hydrogen-bond acceptors (Lipinski definition) is 5. The first-order valence-corrected chi connectivity index (χ1v) is 7.69. The van der Waals surface area contributed by atoms with Crippen molar-refractivity contribution in [3.8, 4) is 0 Å². The number of anilines is 1. The van der Waals surface area contributed by atoms with Gasteiger partial charge in [-0.05, 0) is 24.6 Å². The molecule has 0 saturated carbocycles. The van der Waals surface area contributed by atoms with Gasteiger partial charge in [0, 0.05) is 32.7 Å². The second-order valence-corrected chi connectivity index (χ2v) is 5.81. The number of amides is 1. The number of nitrogens with one attached hydrogen (secondary N) is 1. The molecule has 1 aromatic rings. The highest BCUT2D eigenvalue weighted by Gasteiger charge is 2.22. The van der Waals surface area contributed by atoms with E-state index in [1.54, 1.807) is 6.07 Å². The molecule has 6 nitrogen and oxygen atoms in total. The standard InChI is InChI=1S/C15H25N5O/c1-4-19-7-9-20(10-8-19)15(21)13-5-6-14(18-17-13)16-11-12(2)3/h5-6,12H,4,7-11H2,1-3H3,(H,16,18). The molecular formula is C15H25N5O. The number of carbonyl (C=O) groups is 1. The largest absolute Gasteiger partial charge is 0.368 e. The Balaban J connectivity index is 1.91. The molecule has 1 N–H and O–H groups in total. The van der Waals surface area contributed by atoms with Crippen LogP contribution in [0.2, 0.25) is 0 Å². The molecule has 1 aromatic heterocycles. The van der Waals surface area contributed by atoms with E-state index in [9.17, 15) is 4.79 Å². The van der Waals surface area contributed by atoms with Gasteiger partial charge in [0.05, 0.1) is 0 Å². The molecule has 0 unspecified atom stereocenters. The molecule has 116 valence electrons. The zero-order valence-electron chi connectivity index (χ0n) is 13.2. The lowest BCUT2D eigenvalue weighted by atomic mass is 10.2. The number of aromatic nitrogens is 2. The van der Waals surface area contributed by atoms with Gasteiger partial charge in [-0.15, -0.1) is 10.2 Å². The molecule has 1 aliphatic heterocycles. The van der Waals surface area contributed by atoms with Crippen molar-refractivity contribution in [1.29, 1.82) is 0 Å². The van der Waals surface area contributed by atoms with Crippen LogP contribution in [0.1, 0.15) is 31.3 Å². The molecule has 1 fully saturated rings. The first-order chi connectivity index (χ1) is 10.1. The maximum Gasteiger partial charge on any atom is 0.274 e. The summed E-state index contributed by atoms with van der Waals surface area (Å²) in [6.07, 6.45) is 0. The zero-order chi connectivity index (χ0) is 15.2. The van der Waals surface area contributed by atoms with Crippen LogP contribution in [-0.4, -0.2) is 65.2 Å². The Morgan fingerprint density at radius 1 is 1.24 bits per heavy atom. The van der Waals surface area contributed by atoms with Gasteiger partial charge < -0.3 is 15.1 Å². The van der Waals surface area contributed by atoms with Gasteiger partial charge in [0.1, 0.15) is 5.82 Å². The summed E-state index contributed by atoms with van der Waals surface area (Å²) < 4.78 is 0. The lowest BCUT2D eigenvalue weighted by Gasteiger charge is -2.33. The minimum absolute atomic E-state index is 0.0198. The van der Waals surface area contributed by atoms with Crippen LogP contribution in [0.25, 0.3) is 0 Å². The fraction of sp³-hybridized carbons (Fsp3) is 0.667. The van der Waals surface area contributed by atoms with Gasteiger partial charge in [0.2, 0.25) is 0 Å². The van der Waals surface area contributed by atoms with Gasteiger partial charge in [-0.1, -0.05) is 20.8 Å². The first kappa shape index (κ1) is 15.7. The summed E-state index contributed by atoms with van der Waals surface area (Å²) in [6, 6.07) is 3.58. The smallest absolute Gasteiger partial charge is 0.274 e. The second-order valence-electron chi connectivity index (χ2n) is 5.81. The van der Waals surface area contributed by atoms with E-state index in [0.717, 1.165) is 45.1 Å².